The molecule has 3 atom stereocenters. The Morgan fingerprint density at radius 1 is 1.73 bits per heavy atom. The van der Waals surface area contributed by atoms with Crippen molar-refractivity contribution in [3.63, 3.8) is 0 Å². The van der Waals surface area contributed by atoms with Crippen molar-refractivity contribution in [2.75, 3.05) is 0 Å². The van der Waals surface area contributed by atoms with Crippen molar-refractivity contribution < 1.29 is 4.74 Å². The van der Waals surface area contributed by atoms with E-state index in [2.05, 4.69) is 13.8 Å². The van der Waals surface area contributed by atoms with Gasteiger partial charge in [-0.3, -0.25) is 0 Å². The molecule has 0 heterocycles. The molecule has 0 aromatic rings. The van der Waals surface area contributed by atoms with E-state index in [0.29, 0.717) is 11.7 Å². The third kappa shape index (κ3) is 2.64. The number of ether oxygens (including phenoxy) is 1. The van der Waals surface area contributed by atoms with Crippen molar-refractivity contribution in [1.29, 1.82) is 0 Å². The minimum atomic E-state index is 0.419. The molecule has 0 aromatic heterocycles. The largest absolute Gasteiger partial charge is 0.352 e. The average molecular weight is 176 g/mol. The summed E-state index contributed by atoms with van der Waals surface area (Å²) in [5, 5.41) is 0. The van der Waals surface area contributed by atoms with Crippen LogP contribution in [0.5, 0.6) is 0 Å². The highest BCUT2D eigenvalue weighted by Crippen LogP contribution is 2.43. The van der Waals surface area contributed by atoms with Gasteiger partial charge in [0.25, 0.3) is 0 Å². The maximum atomic E-state index is 5.62. The molecule has 1 saturated carbocycles. The Morgan fingerprint density at radius 3 is 2.82 bits per heavy atom. The van der Waals surface area contributed by atoms with E-state index in [4.69, 9.17) is 16.3 Å². The Kier molecular flexibility index (Phi) is 3.20. The Morgan fingerprint density at radius 2 is 2.36 bits per heavy atom. The number of hydrogen-bond acceptors (Lipinski definition) is 1. The molecule has 0 N–H and O–H groups in total. The zero-order chi connectivity index (χ0) is 8.43. The lowest BCUT2D eigenvalue weighted by Crippen LogP contribution is -2.03. The van der Waals surface area contributed by atoms with Gasteiger partial charge in [-0.1, -0.05) is 31.9 Å². The maximum absolute atomic E-state index is 5.62. The van der Waals surface area contributed by atoms with E-state index in [-0.39, 0.29) is 0 Å². The molecule has 65 valence electrons. The topological polar surface area (TPSA) is 9.23 Å². The van der Waals surface area contributed by atoms with Crippen LogP contribution in [-0.4, -0.2) is 6.10 Å². The number of rotatable bonds is 4. The first-order valence-electron chi connectivity index (χ1n) is 4.30. The van der Waals surface area contributed by atoms with E-state index in [1.807, 2.05) is 0 Å². The summed E-state index contributed by atoms with van der Waals surface area (Å²) < 4.78 is 5.38. The van der Waals surface area contributed by atoms with Crippen LogP contribution in [0.2, 0.25) is 0 Å². The molecule has 1 fully saturated rings. The maximum Gasteiger partial charge on any atom is 0.181 e. The fraction of sp³-hybridized carbons (Fsp3) is 0.889. The molecule has 0 saturated heterocycles. The predicted molar refractivity (Wildman–Crippen MR) is 47.2 cm³/mol. The molecular formula is C9H16ClO. The Bertz CT molecular complexity index is 125. The zero-order valence-corrected chi connectivity index (χ0v) is 8.19. The monoisotopic (exact) mass is 175 g/mol. The summed E-state index contributed by atoms with van der Waals surface area (Å²) >= 11 is 5.62. The third-order valence-electron chi connectivity index (χ3n) is 2.47. The van der Waals surface area contributed by atoms with Crippen molar-refractivity contribution in [3.8, 4) is 0 Å². The van der Waals surface area contributed by atoms with Crippen LogP contribution in [0.1, 0.15) is 33.6 Å². The third-order valence-corrected chi connectivity index (χ3v) is 2.56. The second-order valence-corrected chi connectivity index (χ2v) is 3.94. The van der Waals surface area contributed by atoms with Gasteiger partial charge in [-0.05, 0) is 25.2 Å². The highest BCUT2D eigenvalue weighted by Gasteiger charge is 2.42. The summed E-state index contributed by atoms with van der Waals surface area (Å²) in [6, 6.07) is 0. The van der Waals surface area contributed by atoms with Crippen LogP contribution in [-0.2, 0) is 4.74 Å². The zero-order valence-electron chi connectivity index (χ0n) is 7.43. The molecular weight excluding hydrogens is 160 g/mol. The van der Waals surface area contributed by atoms with Crippen molar-refractivity contribution in [2.24, 2.45) is 11.8 Å². The molecule has 11 heavy (non-hydrogen) atoms. The van der Waals surface area contributed by atoms with Crippen LogP contribution < -0.4 is 0 Å². The Balaban J connectivity index is 2.15. The predicted octanol–water partition coefficient (Wildman–Crippen LogP) is 3.19. The highest BCUT2D eigenvalue weighted by molar-refractivity contribution is 6.25. The second-order valence-electron chi connectivity index (χ2n) is 3.41. The molecule has 0 aliphatic heterocycles. The van der Waals surface area contributed by atoms with Gasteiger partial charge in [0.05, 0.1) is 6.10 Å². The normalized spacial score (nSPS) is 32.5. The van der Waals surface area contributed by atoms with Crippen molar-refractivity contribution in [3.05, 3.63) is 5.56 Å². The van der Waals surface area contributed by atoms with Crippen LogP contribution in [0, 0.1) is 17.4 Å². The van der Waals surface area contributed by atoms with Crippen molar-refractivity contribution >= 4 is 11.6 Å². The summed E-state index contributed by atoms with van der Waals surface area (Å²) in [5.74, 6) is 1.55. The number of halogens is 1. The SMILES string of the molecule is CCC(C)C1CC1O[C](C)Cl. The summed E-state index contributed by atoms with van der Waals surface area (Å²) in [5.41, 5.74) is 0.584. The first-order chi connectivity index (χ1) is 5.15. The molecule has 0 spiro atoms. The quantitative estimate of drug-likeness (QED) is 0.638. The molecule has 1 rings (SSSR count). The molecule has 1 radical (unpaired) electrons. The Labute approximate surface area is 74.1 Å². The summed E-state index contributed by atoms with van der Waals surface area (Å²) in [7, 11) is 0. The lowest BCUT2D eigenvalue weighted by Gasteiger charge is -2.08. The molecule has 1 aliphatic rings. The van der Waals surface area contributed by atoms with Gasteiger partial charge in [0, 0.05) is 0 Å². The molecule has 3 unspecified atom stereocenters. The van der Waals surface area contributed by atoms with Crippen LogP contribution in [0.3, 0.4) is 0 Å². The van der Waals surface area contributed by atoms with Crippen LogP contribution in [0.25, 0.3) is 0 Å². The fourth-order valence-corrected chi connectivity index (χ4v) is 1.55. The van der Waals surface area contributed by atoms with Gasteiger partial charge >= 0.3 is 0 Å². The van der Waals surface area contributed by atoms with Gasteiger partial charge in [0.15, 0.2) is 5.56 Å². The van der Waals surface area contributed by atoms with E-state index in [9.17, 15) is 0 Å². The van der Waals surface area contributed by atoms with Crippen molar-refractivity contribution in [1.82, 2.24) is 0 Å². The molecule has 0 amide bonds. The van der Waals surface area contributed by atoms with Crippen LogP contribution >= 0.6 is 11.6 Å². The summed E-state index contributed by atoms with van der Waals surface area (Å²) in [4.78, 5) is 0. The van der Waals surface area contributed by atoms with Crippen LogP contribution in [0.4, 0.5) is 0 Å². The molecule has 0 bridgehead atoms. The van der Waals surface area contributed by atoms with E-state index < -0.39 is 0 Å². The van der Waals surface area contributed by atoms with Gasteiger partial charge in [-0.2, -0.15) is 0 Å². The lowest BCUT2D eigenvalue weighted by atomic mass is 10.0. The first-order valence-corrected chi connectivity index (χ1v) is 4.68. The van der Waals surface area contributed by atoms with Gasteiger partial charge in [0.2, 0.25) is 0 Å². The minimum absolute atomic E-state index is 0.419. The highest BCUT2D eigenvalue weighted by atomic mass is 35.5. The van der Waals surface area contributed by atoms with Gasteiger partial charge in [0.1, 0.15) is 0 Å². The lowest BCUT2D eigenvalue weighted by molar-refractivity contribution is 0.148. The summed E-state index contributed by atoms with van der Waals surface area (Å²) in [6.45, 7) is 6.29. The van der Waals surface area contributed by atoms with Crippen LogP contribution in [0.15, 0.2) is 0 Å². The Hall–Kier alpha value is 0.250. The molecule has 1 aliphatic carbocycles. The average Bonchev–Trinajstić information content (AvgIpc) is 2.65. The molecule has 0 aromatic carbocycles. The van der Waals surface area contributed by atoms with E-state index in [0.717, 1.165) is 11.8 Å². The minimum Gasteiger partial charge on any atom is -0.352 e. The summed E-state index contributed by atoms with van der Waals surface area (Å²) in [6.07, 6.45) is 2.85. The molecule has 2 heteroatoms. The van der Waals surface area contributed by atoms with Gasteiger partial charge in [-0.15, -0.1) is 0 Å². The number of hydrogen-bond donors (Lipinski definition) is 0. The smallest absolute Gasteiger partial charge is 0.181 e. The van der Waals surface area contributed by atoms with E-state index >= 15 is 0 Å². The van der Waals surface area contributed by atoms with Gasteiger partial charge < -0.3 is 4.74 Å². The first kappa shape index (κ1) is 9.34. The van der Waals surface area contributed by atoms with E-state index in [1.165, 1.54) is 12.8 Å². The van der Waals surface area contributed by atoms with Crippen molar-refractivity contribution in [2.45, 2.75) is 39.7 Å². The second kappa shape index (κ2) is 3.77. The van der Waals surface area contributed by atoms with E-state index in [1.54, 1.807) is 6.92 Å². The molecule has 1 nitrogen and oxygen atoms in total. The fourth-order valence-electron chi connectivity index (χ4n) is 1.44. The standard InChI is InChI=1S/C9H16ClO/c1-4-6(2)8-5-9(8)11-7(3)10/h6,8-9H,4-5H2,1-3H3. The van der Waals surface area contributed by atoms with Gasteiger partial charge in [-0.25, -0.2) is 0 Å².